The van der Waals surface area contributed by atoms with E-state index in [-0.39, 0.29) is 17.4 Å². The van der Waals surface area contributed by atoms with Gasteiger partial charge in [-0.15, -0.1) is 0 Å². The molecule has 2 aromatic carbocycles. The minimum absolute atomic E-state index is 0.204. The number of carbonyl (C=O) groups excluding carboxylic acids is 1. The molecule has 0 saturated carbocycles. The van der Waals surface area contributed by atoms with Gasteiger partial charge in [0, 0.05) is 18.7 Å². The van der Waals surface area contributed by atoms with Gasteiger partial charge in [-0.2, -0.15) is 9.83 Å². The van der Waals surface area contributed by atoms with Gasteiger partial charge in [0.2, 0.25) is 11.9 Å². The number of pyridine rings is 1. The largest absolute Gasteiger partial charge is 0.494 e. The molecule has 2 atom stereocenters. The second-order valence-corrected chi connectivity index (χ2v) is 7.23. The van der Waals surface area contributed by atoms with Gasteiger partial charge in [-0.05, 0) is 17.5 Å². The van der Waals surface area contributed by atoms with E-state index in [2.05, 4.69) is 6.07 Å². The lowest BCUT2D eigenvalue weighted by Gasteiger charge is -2.34. The fraction of sp³-hybridized carbons (Fsp3) is 0.160. The average Bonchev–Trinajstić information content (AvgIpc) is 2.80. The lowest BCUT2D eigenvalue weighted by atomic mass is 9.81. The molecule has 0 fully saturated rings. The van der Waals surface area contributed by atoms with Crippen molar-refractivity contribution in [3.8, 4) is 6.07 Å². The summed E-state index contributed by atoms with van der Waals surface area (Å²) in [6, 6.07) is 26.3. The Bertz CT molecular complexity index is 1090. The summed E-state index contributed by atoms with van der Waals surface area (Å²) in [6.45, 7) is 0.297. The normalized spacial score (nSPS) is 18.9. The van der Waals surface area contributed by atoms with E-state index in [4.69, 9.17) is 0 Å². The van der Waals surface area contributed by atoms with Crippen LogP contribution in [0.4, 0.5) is 0 Å². The summed E-state index contributed by atoms with van der Waals surface area (Å²) in [5.74, 6) is -1.04. The van der Waals surface area contributed by atoms with E-state index in [9.17, 15) is 15.2 Å². The van der Waals surface area contributed by atoms with Crippen LogP contribution in [0.25, 0.3) is 0 Å². The van der Waals surface area contributed by atoms with Gasteiger partial charge in [-0.1, -0.05) is 66.7 Å². The number of nitriles is 1. The molecule has 1 aliphatic heterocycles. The van der Waals surface area contributed by atoms with Crippen LogP contribution in [-0.2, 0) is 11.2 Å². The molecule has 1 aromatic heterocycles. The van der Waals surface area contributed by atoms with Crippen molar-refractivity contribution in [1.29, 1.82) is 5.26 Å². The molecule has 4 rings (SSSR count). The summed E-state index contributed by atoms with van der Waals surface area (Å²) in [6.07, 6.45) is 4.23. The number of nitrogens with zero attached hydrogens (tertiary/aromatic N) is 3. The third kappa shape index (κ3) is 3.68. The molecule has 0 saturated heterocycles. The van der Waals surface area contributed by atoms with E-state index in [1.807, 2.05) is 95.8 Å². The summed E-state index contributed by atoms with van der Waals surface area (Å²) < 4.78 is 1.82. The Labute approximate surface area is 175 Å². The van der Waals surface area contributed by atoms with Crippen molar-refractivity contribution in [2.45, 2.75) is 18.4 Å². The van der Waals surface area contributed by atoms with Crippen LogP contribution < -0.4 is 4.57 Å². The van der Waals surface area contributed by atoms with E-state index in [1.165, 1.54) is 4.90 Å². The monoisotopic (exact) mass is 396 g/mol. The molecule has 5 heteroatoms. The highest BCUT2D eigenvalue weighted by atomic mass is 16.3. The van der Waals surface area contributed by atoms with Gasteiger partial charge in [-0.25, -0.2) is 0 Å². The number of amides is 1. The van der Waals surface area contributed by atoms with E-state index in [1.54, 1.807) is 0 Å². The molecule has 3 aromatic rings. The van der Waals surface area contributed by atoms with Gasteiger partial charge in [-0.3, -0.25) is 9.69 Å². The Kier molecular flexibility index (Phi) is 5.58. The maximum absolute atomic E-state index is 13.6. The minimum atomic E-state index is -0.657. The maximum Gasteiger partial charge on any atom is 0.299 e. The van der Waals surface area contributed by atoms with Crippen LogP contribution >= 0.6 is 0 Å². The molecular weight excluding hydrogens is 374 g/mol. The molecule has 1 aliphatic rings. The molecule has 0 spiro atoms. The first-order chi connectivity index (χ1) is 14.7. The lowest BCUT2D eigenvalue weighted by Crippen LogP contribution is -2.55. The predicted molar refractivity (Wildman–Crippen MR) is 112 cm³/mol. The number of hydrogen-bond acceptors (Lipinski definition) is 3. The van der Waals surface area contributed by atoms with Crippen molar-refractivity contribution in [3.05, 3.63) is 114 Å². The van der Waals surface area contributed by atoms with Gasteiger partial charge < -0.3 is 5.11 Å². The molecule has 5 nitrogen and oxygen atoms in total. The van der Waals surface area contributed by atoms with Crippen molar-refractivity contribution >= 4 is 5.91 Å². The first-order valence-corrected chi connectivity index (χ1v) is 9.90. The van der Waals surface area contributed by atoms with E-state index in [0.29, 0.717) is 13.0 Å². The number of hydrogen-bond donors (Lipinski definition) is 1. The summed E-state index contributed by atoms with van der Waals surface area (Å²) in [5, 5.41) is 20.9. The van der Waals surface area contributed by atoms with Gasteiger partial charge in [0.1, 0.15) is 11.6 Å². The topological polar surface area (TPSA) is 68.2 Å². The van der Waals surface area contributed by atoms with Crippen LogP contribution in [0.3, 0.4) is 0 Å². The summed E-state index contributed by atoms with van der Waals surface area (Å²) in [5.41, 5.74) is 2.08. The highest BCUT2D eigenvalue weighted by molar-refractivity contribution is 5.84. The standard InChI is InChI=1S/C25H21N3O2/c26-18-21-22(20-12-6-2-7-13-20)23(27-15-8-3-9-16-27)25(30)28(24(21)29)17-14-19-10-4-1-5-11-19/h1-13,15-16,22-23H,14,17H2/p+1/t22-,23+/m0/s1. The Hall–Kier alpha value is -3.91. The van der Waals surface area contributed by atoms with Gasteiger partial charge in [0.05, 0.1) is 5.92 Å². The van der Waals surface area contributed by atoms with Crippen LogP contribution in [0.1, 0.15) is 23.1 Å². The number of aromatic nitrogens is 1. The van der Waals surface area contributed by atoms with Crippen LogP contribution in [0.5, 0.6) is 0 Å². The second kappa shape index (κ2) is 8.62. The van der Waals surface area contributed by atoms with E-state index in [0.717, 1.165) is 11.1 Å². The Morgan fingerprint density at radius 1 is 0.933 bits per heavy atom. The van der Waals surface area contributed by atoms with Crippen LogP contribution in [0.15, 0.2) is 103 Å². The van der Waals surface area contributed by atoms with Crippen LogP contribution in [-0.4, -0.2) is 22.5 Å². The number of aliphatic hydroxyl groups excluding tert-OH is 1. The Balaban J connectivity index is 1.78. The van der Waals surface area contributed by atoms with Gasteiger partial charge in [0.15, 0.2) is 12.4 Å². The molecule has 30 heavy (non-hydrogen) atoms. The molecule has 0 radical (unpaired) electrons. The fourth-order valence-electron chi connectivity index (χ4n) is 3.98. The second-order valence-electron chi connectivity index (χ2n) is 7.23. The molecule has 0 aliphatic carbocycles. The molecule has 0 bridgehead atoms. The Morgan fingerprint density at radius 3 is 2.17 bits per heavy atom. The van der Waals surface area contributed by atoms with Crippen molar-refractivity contribution < 1.29 is 14.5 Å². The number of rotatable bonds is 5. The van der Waals surface area contributed by atoms with Crippen molar-refractivity contribution in [2.75, 3.05) is 6.54 Å². The van der Waals surface area contributed by atoms with Crippen LogP contribution in [0.2, 0.25) is 0 Å². The first-order valence-electron chi connectivity index (χ1n) is 9.90. The van der Waals surface area contributed by atoms with Crippen LogP contribution in [0, 0.1) is 11.3 Å². The zero-order chi connectivity index (χ0) is 20.9. The zero-order valence-corrected chi connectivity index (χ0v) is 16.4. The molecule has 0 unspecified atom stereocenters. The van der Waals surface area contributed by atoms with E-state index < -0.39 is 12.0 Å². The summed E-state index contributed by atoms with van der Waals surface area (Å²) in [4.78, 5) is 14.9. The number of allylic oxidation sites excluding steroid dienone is 1. The summed E-state index contributed by atoms with van der Waals surface area (Å²) >= 11 is 0. The Morgan fingerprint density at radius 2 is 1.53 bits per heavy atom. The third-order valence-corrected chi connectivity index (χ3v) is 5.45. The first kappa shape index (κ1) is 19.4. The maximum atomic E-state index is 13.6. The number of carbonyl (C=O) groups is 1. The summed E-state index contributed by atoms with van der Waals surface area (Å²) in [7, 11) is 0. The van der Waals surface area contributed by atoms with E-state index >= 15 is 0 Å². The van der Waals surface area contributed by atoms with Gasteiger partial charge in [0.25, 0.3) is 5.91 Å². The molecule has 1 amide bonds. The average molecular weight is 396 g/mol. The third-order valence-electron chi connectivity index (χ3n) is 5.45. The molecular formula is C25H22N3O2+. The number of aliphatic hydroxyl groups is 1. The quantitative estimate of drug-likeness (QED) is 0.669. The lowest BCUT2D eigenvalue weighted by molar-refractivity contribution is -0.712. The highest BCUT2D eigenvalue weighted by Gasteiger charge is 2.48. The SMILES string of the molecule is N#CC1=C(O)N(CCc2ccccc2)C(=O)[C@H]([n+]2ccccc2)[C@H]1c1ccccc1. The molecule has 1 N–H and O–H groups in total. The minimum Gasteiger partial charge on any atom is -0.494 e. The highest BCUT2D eigenvalue weighted by Crippen LogP contribution is 2.39. The van der Waals surface area contributed by atoms with Gasteiger partial charge >= 0.3 is 0 Å². The number of benzene rings is 2. The van der Waals surface area contributed by atoms with Crippen molar-refractivity contribution in [1.82, 2.24) is 4.90 Å². The van der Waals surface area contributed by atoms with Crippen molar-refractivity contribution in [3.63, 3.8) is 0 Å². The van der Waals surface area contributed by atoms with Crippen molar-refractivity contribution in [2.24, 2.45) is 0 Å². The predicted octanol–water partition coefficient (Wildman–Crippen LogP) is 3.68. The fourth-order valence-corrected chi connectivity index (χ4v) is 3.98. The molecule has 2 heterocycles. The molecule has 148 valence electrons. The zero-order valence-electron chi connectivity index (χ0n) is 16.4. The smallest absolute Gasteiger partial charge is 0.299 e.